The van der Waals surface area contributed by atoms with E-state index in [0.29, 0.717) is 13.0 Å². The number of amides is 2. The molecule has 0 radical (unpaired) electrons. The molecule has 3 N–H and O–H groups in total. The molecular weight excluding hydrogens is 268 g/mol. The van der Waals surface area contributed by atoms with Gasteiger partial charge in [0.15, 0.2) is 0 Å². The number of aliphatic hydroxyl groups is 1. The van der Waals surface area contributed by atoms with Crippen LogP contribution in [0, 0.1) is 5.92 Å². The van der Waals surface area contributed by atoms with Crippen molar-refractivity contribution in [3.8, 4) is 0 Å². The topological polar surface area (TPSA) is 78.4 Å². The van der Waals surface area contributed by atoms with E-state index in [9.17, 15) is 14.7 Å². The molecule has 5 heteroatoms. The average Bonchev–Trinajstić information content (AvgIpc) is 2.50. The highest BCUT2D eigenvalue weighted by molar-refractivity contribution is 5.80. The summed E-state index contributed by atoms with van der Waals surface area (Å²) in [5.74, 6) is 0.159. The highest BCUT2D eigenvalue weighted by atomic mass is 16.3. The molecule has 2 atom stereocenters. The molecule has 0 bridgehead atoms. The Hall–Kier alpha value is -1.10. The van der Waals surface area contributed by atoms with Gasteiger partial charge < -0.3 is 15.7 Å². The number of hydrogen-bond acceptors (Lipinski definition) is 3. The third kappa shape index (κ3) is 5.30. The molecule has 0 aromatic carbocycles. The first-order valence-electron chi connectivity index (χ1n) is 8.42. The smallest absolute Gasteiger partial charge is 0.223 e. The summed E-state index contributed by atoms with van der Waals surface area (Å²) in [7, 11) is 0. The van der Waals surface area contributed by atoms with Crippen molar-refractivity contribution in [2.45, 2.75) is 76.4 Å². The van der Waals surface area contributed by atoms with Gasteiger partial charge in [0.05, 0.1) is 12.1 Å². The second-order valence-electron chi connectivity index (χ2n) is 6.40. The van der Waals surface area contributed by atoms with Crippen molar-refractivity contribution in [1.82, 2.24) is 10.6 Å². The Morgan fingerprint density at radius 2 is 1.62 bits per heavy atom. The molecule has 21 heavy (non-hydrogen) atoms. The van der Waals surface area contributed by atoms with Crippen LogP contribution in [0.1, 0.15) is 64.2 Å². The van der Waals surface area contributed by atoms with Crippen molar-refractivity contribution in [2.75, 3.05) is 6.54 Å². The molecule has 2 fully saturated rings. The Labute approximate surface area is 126 Å². The predicted octanol–water partition coefficient (Wildman–Crippen LogP) is 1.49. The van der Waals surface area contributed by atoms with Gasteiger partial charge in [0.2, 0.25) is 11.8 Å². The van der Waals surface area contributed by atoms with Crippen molar-refractivity contribution < 1.29 is 14.7 Å². The molecule has 5 nitrogen and oxygen atoms in total. The Kier molecular flexibility index (Phi) is 6.49. The molecule has 0 aromatic rings. The van der Waals surface area contributed by atoms with Crippen LogP contribution in [0.3, 0.4) is 0 Å². The van der Waals surface area contributed by atoms with Crippen LogP contribution < -0.4 is 10.6 Å². The maximum absolute atomic E-state index is 11.9. The normalized spacial score (nSPS) is 27.1. The molecule has 120 valence electrons. The van der Waals surface area contributed by atoms with Gasteiger partial charge in [0.1, 0.15) is 0 Å². The lowest BCUT2D eigenvalue weighted by molar-refractivity contribution is -0.126. The zero-order valence-corrected chi connectivity index (χ0v) is 12.8. The van der Waals surface area contributed by atoms with E-state index in [1.165, 1.54) is 6.42 Å². The molecule has 0 spiro atoms. The third-order valence-corrected chi connectivity index (χ3v) is 4.70. The van der Waals surface area contributed by atoms with Crippen molar-refractivity contribution in [1.29, 1.82) is 0 Å². The Morgan fingerprint density at radius 3 is 2.33 bits per heavy atom. The van der Waals surface area contributed by atoms with Crippen LogP contribution >= 0.6 is 0 Å². The summed E-state index contributed by atoms with van der Waals surface area (Å²) < 4.78 is 0. The lowest BCUT2D eigenvalue weighted by atomic mass is 9.89. The van der Waals surface area contributed by atoms with E-state index in [4.69, 9.17) is 0 Å². The van der Waals surface area contributed by atoms with E-state index in [1.54, 1.807) is 0 Å². The number of rotatable bonds is 5. The first-order chi connectivity index (χ1) is 10.2. The van der Waals surface area contributed by atoms with Crippen molar-refractivity contribution in [3.05, 3.63) is 0 Å². The molecule has 2 amide bonds. The predicted molar refractivity (Wildman–Crippen MR) is 80.6 cm³/mol. The third-order valence-electron chi connectivity index (χ3n) is 4.70. The summed E-state index contributed by atoms with van der Waals surface area (Å²) >= 11 is 0. The van der Waals surface area contributed by atoms with Gasteiger partial charge >= 0.3 is 0 Å². The zero-order valence-electron chi connectivity index (χ0n) is 12.8. The summed E-state index contributed by atoms with van der Waals surface area (Å²) in [5.41, 5.74) is 0. The Bertz CT molecular complexity index is 353. The van der Waals surface area contributed by atoms with E-state index in [2.05, 4.69) is 10.6 Å². The van der Waals surface area contributed by atoms with E-state index >= 15 is 0 Å². The van der Waals surface area contributed by atoms with Gasteiger partial charge in [0.25, 0.3) is 0 Å². The summed E-state index contributed by atoms with van der Waals surface area (Å²) in [4.78, 5) is 23.8. The van der Waals surface area contributed by atoms with Gasteiger partial charge in [-0.1, -0.05) is 32.1 Å². The summed E-state index contributed by atoms with van der Waals surface area (Å²) in [6.07, 6.45) is 9.04. The fourth-order valence-electron chi connectivity index (χ4n) is 3.37. The summed E-state index contributed by atoms with van der Waals surface area (Å²) in [5, 5.41) is 15.6. The van der Waals surface area contributed by atoms with Gasteiger partial charge in [-0.2, -0.15) is 0 Å². The summed E-state index contributed by atoms with van der Waals surface area (Å²) in [6, 6.07) is -0.111. The number of nitrogens with one attached hydrogen (secondary N) is 2. The lowest BCUT2D eigenvalue weighted by Crippen LogP contribution is -2.46. The summed E-state index contributed by atoms with van der Waals surface area (Å²) in [6.45, 7) is 0.393. The number of carbonyl (C=O) groups is 2. The molecule has 2 aliphatic rings. The minimum absolute atomic E-state index is 0.0788. The highest BCUT2D eigenvalue weighted by Crippen LogP contribution is 2.23. The Morgan fingerprint density at radius 1 is 0.952 bits per heavy atom. The van der Waals surface area contributed by atoms with Gasteiger partial charge in [0, 0.05) is 18.9 Å². The molecule has 2 aliphatic carbocycles. The second-order valence-corrected chi connectivity index (χ2v) is 6.40. The molecule has 2 unspecified atom stereocenters. The minimum Gasteiger partial charge on any atom is -0.391 e. The van der Waals surface area contributed by atoms with E-state index < -0.39 is 6.10 Å². The molecule has 0 saturated heterocycles. The van der Waals surface area contributed by atoms with Crippen molar-refractivity contribution in [2.24, 2.45) is 5.92 Å². The van der Waals surface area contributed by atoms with Crippen molar-refractivity contribution in [3.63, 3.8) is 0 Å². The minimum atomic E-state index is -0.417. The van der Waals surface area contributed by atoms with Crippen LogP contribution in [0.4, 0.5) is 0 Å². The fraction of sp³-hybridized carbons (Fsp3) is 0.875. The van der Waals surface area contributed by atoms with Crippen LogP contribution in [0.25, 0.3) is 0 Å². The fourth-order valence-corrected chi connectivity index (χ4v) is 3.37. The molecule has 0 heterocycles. The van der Waals surface area contributed by atoms with Crippen LogP contribution in [-0.4, -0.2) is 35.6 Å². The first kappa shape index (κ1) is 16.3. The van der Waals surface area contributed by atoms with E-state index in [0.717, 1.165) is 51.4 Å². The monoisotopic (exact) mass is 296 g/mol. The zero-order chi connectivity index (χ0) is 15.1. The van der Waals surface area contributed by atoms with Crippen LogP contribution in [0.5, 0.6) is 0 Å². The van der Waals surface area contributed by atoms with Gasteiger partial charge in [-0.05, 0) is 25.7 Å². The first-order valence-corrected chi connectivity index (χ1v) is 8.42. The maximum Gasteiger partial charge on any atom is 0.223 e. The van der Waals surface area contributed by atoms with Gasteiger partial charge in [-0.25, -0.2) is 0 Å². The molecule has 2 rings (SSSR count). The molecular formula is C16H28N2O3. The standard InChI is InChI=1S/C16H28N2O3/c19-14-9-5-4-8-13(14)18-15(20)10-11-17-16(21)12-6-2-1-3-7-12/h12-14,19H,1-11H2,(H,17,21)(H,18,20). The number of carbonyl (C=O) groups excluding carboxylic acids is 2. The van der Waals surface area contributed by atoms with Gasteiger partial charge in [-0.15, -0.1) is 0 Å². The molecule has 0 aliphatic heterocycles. The highest BCUT2D eigenvalue weighted by Gasteiger charge is 2.24. The van der Waals surface area contributed by atoms with Crippen LogP contribution in [0.2, 0.25) is 0 Å². The largest absolute Gasteiger partial charge is 0.391 e. The molecule has 2 saturated carbocycles. The SMILES string of the molecule is O=C(CCNC(=O)C1CCCCC1)NC1CCCCC1O. The molecule has 0 aromatic heterocycles. The van der Waals surface area contributed by atoms with Crippen LogP contribution in [-0.2, 0) is 9.59 Å². The Balaban J connectivity index is 1.61. The average molecular weight is 296 g/mol. The van der Waals surface area contributed by atoms with E-state index in [1.807, 2.05) is 0 Å². The van der Waals surface area contributed by atoms with Crippen molar-refractivity contribution >= 4 is 11.8 Å². The maximum atomic E-state index is 11.9. The van der Waals surface area contributed by atoms with E-state index in [-0.39, 0.29) is 23.8 Å². The lowest BCUT2D eigenvalue weighted by Gasteiger charge is -2.28. The number of aliphatic hydroxyl groups excluding tert-OH is 1. The quantitative estimate of drug-likeness (QED) is 0.719. The van der Waals surface area contributed by atoms with Gasteiger partial charge in [-0.3, -0.25) is 9.59 Å². The second kappa shape index (κ2) is 8.37. The van der Waals surface area contributed by atoms with Crippen LogP contribution in [0.15, 0.2) is 0 Å². The number of hydrogen-bond donors (Lipinski definition) is 3.